The summed E-state index contributed by atoms with van der Waals surface area (Å²) in [4.78, 5) is 33.6. The maximum Gasteiger partial charge on any atom is 0.329 e. The number of hydrogen-bond donors (Lipinski definition) is 1. The van der Waals surface area contributed by atoms with Crippen LogP contribution in [0.25, 0.3) is 11.4 Å². The van der Waals surface area contributed by atoms with E-state index in [1.165, 1.54) is 0 Å². The molecule has 1 N–H and O–H groups in total. The van der Waals surface area contributed by atoms with Crippen molar-refractivity contribution in [3.05, 3.63) is 65.8 Å². The summed E-state index contributed by atoms with van der Waals surface area (Å²) >= 11 is 0. The highest BCUT2D eigenvalue weighted by molar-refractivity contribution is 5.96. The van der Waals surface area contributed by atoms with Crippen LogP contribution >= 0.6 is 0 Å². The largest absolute Gasteiger partial charge is 0.454 e. The first-order valence-corrected chi connectivity index (χ1v) is 10.5. The molecule has 1 amide bonds. The minimum Gasteiger partial charge on any atom is -0.454 e. The minimum absolute atomic E-state index is 0.00902. The average molecular weight is 437 g/mol. The van der Waals surface area contributed by atoms with Crippen LogP contribution < -0.4 is 5.32 Å². The molecule has 2 aromatic heterocycles. The predicted octanol–water partition coefficient (Wildman–Crippen LogP) is 3.93. The fourth-order valence-electron chi connectivity index (χ4n) is 2.99. The second-order valence-electron chi connectivity index (χ2n) is 8.88. The first kappa shape index (κ1) is 23.1. The highest BCUT2D eigenvalue weighted by Crippen LogP contribution is 2.22. The minimum atomic E-state index is -0.814. The van der Waals surface area contributed by atoms with Crippen LogP contribution in [0.15, 0.2) is 53.3 Å². The van der Waals surface area contributed by atoms with Crippen molar-refractivity contribution in [2.24, 2.45) is 5.92 Å². The van der Waals surface area contributed by atoms with Crippen molar-refractivity contribution in [1.82, 2.24) is 20.4 Å². The molecule has 2 heterocycles. The first-order valence-electron chi connectivity index (χ1n) is 10.5. The van der Waals surface area contributed by atoms with Gasteiger partial charge < -0.3 is 14.6 Å². The Morgan fingerprint density at radius 1 is 1.12 bits per heavy atom. The van der Waals surface area contributed by atoms with Crippen molar-refractivity contribution in [2.45, 2.75) is 52.7 Å². The van der Waals surface area contributed by atoms with Gasteiger partial charge >= 0.3 is 5.97 Å². The molecule has 8 nitrogen and oxygen atoms in total. The van der Waals surface area contributed by atoms with Gasteiger partial charge in [0.25, 0.3) is 11.8 Å². The highest BCUT2D eigenvalue weighted by atomic mass is 16.6. The number of esters is 1. The van der Waals surface area contributed by atoms with Crippen LogP contribution in [0, 0.1) is 5.92 Å². The van der Waals surface area contributed by atoms with E-state index in [2.05, 4.69) is 41.2 Å². The van der Waals surface area contributed by atoms with Crippen molar-refractivity contribution in [3.63, 3.8) is 0 Å². The third-order valence-corrected chi connectivity index (χ3v) is 4.95. The predicted molar refractivity (Wildman–Crippen MR) is 119 cm³/mol. The molecule has 32 heavy (non-hydrogen) atoms. The van der Waals surface area contributed by atoms with Gasteiger partial charge in [-0.15, -0.1) is 0 Å². The van der Waals surface area contributed by atoms with Crippen molar-refractivity contribution in [3.8, 4) is 11.4 Å². The molecule has 1 aromatic carbocycles. The smallest absolute Gasteiger partial charge is 0.329 e. The molecule has 0 aliphatic carbocycles. The summed E-state index contributed by atoms with van der Waals surface area (Å²) < 4.78 is 10.5. The van der Waals surface area contributed by atoms with E-state index < -0.39 is 12.0 Å². The van der Waals surface area contributed by atoms with Crippen LogP contribution in [0.3, 0.4) is 0 Å². The Morgan fingerprint density at radius 3 is 2.44 bits per heavy atom. The molecule has 8 heteroatoms. The Morgan fingerprint density at radius 2 is 1.84 bits per heavy atom. The Balaban J connectivity index is 1.61. The van der Waals surface area contributed by atoms with E-state index in [1.54, 1.807) is 36.7 Å². The van der Waals surface area contributed by atoms with E-state index in [4.69, 9.17) is 9.26 Å². The number of rotatable bonds is 7. The number of carbonyl (C=O) groups is 2. The maximum absolute atomic E-state index is 12.7. The summed E-state index contributed by atoms with van der Waals surface area (Å²) in [5.74, 6) is -0.562. The lowest BCUT2D eigenvalue weighted by molar-refractivity contribution is -0.149. The molecular formula is C24H28N4O4. The third kappa shape index (κ3) is 5.78. The van der Waals surface area contributed by atoms with Crippen LogP contribution in [-0.2, 0) is 21.6 Å². The van der Waals surface area contributed by atoms with Crippen molar-refractivity contribution in [1.29, 1.82) is 0 Å². The Bertz CT molecular complexity index is 1050. The molecule has 0 saturated carbocycles. The second-order valence-corrected chi connectivity index (χ2v) is 8.88. The summed E-state index contributed by atoms with van der Waals surface area (Å²) in [6.07, 6.45) is 3.25. The van der Waals surface area contributed by atoms with Gasteiger partial charge in [0, 0.05) is 23.5 Å². The van der Waals surface area contributed by atoms with E-state index in [1.807, 2.05) is 26.0 Å². The molecule has 0 spiro atoms. The van der Waals surface area contributed by atoms with Crippen molar-refractivity contribution in [2.75, 3.05) is 0 Å². The van der Waals surface area contributed by atoms with Gasteiger partial charge in [0.1, 0.15) is 6.04 Å². The summed E-state index contributed by atoms with van der Waals surface area (Å²) in [6.45, 7) is 9.80. The molecule has 0 aliphatic rings. The van der Waals surface area contributed by atoms with Crippen LogP contribution in [0.4, 0.5) is 0 Å². The topological polar surface area (TPSA) is 107 Å². The van der Waals surface area contributed by atoms with Gasteiger partial charge in [-0.05, 0) is 41.2 Å². The summed E-state index contributed by atoms with van der Waals surface area (Å²) in [6, 6.07) is 10.1. The number of nitrogens with one attached hydrogen (secondary N) is 1. The van der Waals surface area contributed by atoms with Gasteiger partial charge in [-0.25, -0.2) is 4.79 Å². The summed E-state index contributed by atoms with van der Waals surface area (Å²) in [5.41, 5.74) is 2.29. The standard InChI is InChI=1S/C24H28N4O4/c1-15(2)20(27-22(29)16-8-10-18(11-9-16)24(3,4)5)23(30)31-14-19-26-21(28-32-19)17-7-6-12-25-13-17/h6-13,15,20H,14H2,1-5H3,(H,27,29)/t20-/m0/s1. The van der Waals surface area contributed by atoms with Crippen LogP contribution in [0.1, 0.15) is 56.4 Å². The number of benzene rings is 1. The molecule has 0 fully saturated rings. The number of ether oxygens (including phenoxy) is 1. The molecule has 0 radical (unpaired) electrons. The fraction of sp³-hybridized carbons (Fsp3) is 0.375. The average Bonchev–Trinajstić information content (AvgIpc) is 3.24. The van der Waals surface area contributed by atoms with Gasteiger partial charge in [-0.2, -0.15) is 4.98 Å². The van der Waals surface area contributed by atoms with Gasteiger partial charge in [-0.3, -0.25) is 9.78 Å². The Labute approximate surface area is 187 Å². The summed E-state index contributed by atoms with van der Waals surface area (Å²) in [7, 11) is 0. The molecule has 168 valence electrons. The third-order valence-electron chi connectivity index (χ3n) is 4.95. The molecular weight excluding hydrogens is 408 g/mol. The van der Waals surface area contributed by atoms with Crippen LogP contribution in [0.2, 0.25) is 0 Å². The molecule has 0 unspecified atom stereocenters. The van der Waals surface area contributed by atoms with E-state index >= 15 is 0 Å². The maximum atomic E-state index is 12.7. The molecule has 0 bridgehead atoms. The van der Waals surface area contributed by atoms with Gasteiger partial charge in [0.2, 0.25) is 5.82 Å². The zero-order valence-electron chi connectivity index (χ0n) is 19.0. The SMILES string of the molecule is CC(C)[C@H](NC(=O)c1ccc(C(C)(C)C)cc1)C(=O)OCc1nc(-c2cccnc2)no1. The fourth-order valence-corrected chi connectivity index (χ4v) is 2.99. The van der Waals surface area contributed by atoms with Crippen LogP contribution in [-0.4, -0.2) is 33.0 Å². The number of amides is 1. The molecule has 0 aliphatic heterocycles. The lowest BCUT2D eigenvalue weighted by atomic mass is 9.86. The van der Waals surface area contributed by atoms with E-state index in [0.717, 1.165) is 5.56 Å². The molecule has 1 atom stereocenters. The first-order chi connectivity index (χ1) is 15.1. The number of aromatic nitrogens is 3. The number of carbonyl (C=O) groups excluding carboxylic acids is 2. The van der Waals surface area contributed by atoms with Gasteiger partial charge in [0.15, 0.2) is 6.61 Å². The molecule has 3 rings (SSSR count). The van der Waals surface area contributed by atoms with Gasteiger partial charge in [-0.1, -0.05) is 51.9 Å². The van der Waals surface area contributed by atoms with Gasteiger partial charge in [0.05, 0.1) is 0 Å². The van der Waals surface area contributed by atoms with Crippen LogP contribution in [0.5, 0.6) is 0 Å². The lowest BCUT2D eigenvalue weighted by Crippen LogP contribution is -2.45. The second kappa shape index (κ2) is 9.72. The van der Waals surface area contributed by atoms with Crippen molar-refractivity contribution < 1.29 is 18.8 Å². The molecule has 0 saturated heterocycles. The number of nitrogens with zero attached hydrogens (tertiary/aromatic N) is 3. The quantitative estimate of drug-likeness (QED) is 0.559. The number of hydrogen-bond acceptors (Lipinski definition) is 7. The lowest BCUT2D eigenvalue weighted by Gasteiger charge is -2.21. The monoisotopic (exact) mass is 436 g/mol. The Hall–Kier alpha value is -3.55. The van der Waals surface area contributed by atoms with E-state index in [-0.39, 0.29) is 29.7 Å². The summed E-state index contributed by atoms with van der Waals surface area (Å²) in [5, 5.41) is 6.64. The zero-order valence-corrected chi connectivity index (χ0v) is 19.0. The highest BCUT2D eigenvalue weighted by Gasteiger charge is 2.27. The van der Waals surface area contributed by atoms with E-state index in [9.17, 15) is 9.59 Å². The normalized spacial score (nSPS) is 12.4. The van der Waals surface area contributed by atoms with Crippen molar-refractivity contribution >= 4 is 11.9 Å². The number of pyridine rings is 1. The molecule has 3 aromatic rings. The van der Waals surface area contributed by atoms with E-state index in [0.29, 0.717) is 17.0 Å². The Kier molecular flexibility index (Phi) is 7.02. The zero-order chi connectivity index (χ0) is 23.3.